The number of ether oxygens (including phenoxy) is 1. The number of hydrogen-bond donors (Lipinski definition) is 1. The summed E-state index contributed by atoms with van der Waals surface area (Å²) in [6, 6.07) is 5.68. The van der Waals surface area contributed by atoms with Gasteiger partial charge in [0.1, 0.15) is 17.9 Å². The number of pyridine rings is 1. The fourth-order valence-corrected chi connectivity index (χ4v) is 2.74. The Morgan fingerprint density at radius 2 is 2.30 bits per heavy atom. The first-order chi connectivity index (χ1) is 11.2. The SMILES string of the molecule is O=C(O)Cn1nc(C2CCOC2)nc1-c1cn2ccccc2n1. The number of aromatic nitrogens is 5. The van der Waals surface area contributed by atoms with E-state index in [9.17, 15) is 4.79 Å². The van der Waals surface area contributed by atoms with E-state index in [0.717, 1.165) is 12.1 Å². The summed E-state index contributed by atoms with van der Waals surface area (Å²) in [6.07, 6.45) is 4.56. The van der Waals surface area contributed by atoms with Gasteiger partial charge in [0, 0.05) is 24.9 Å². The Morgan fingerprint density at radius 1 is 1.39 bits per heavy atom. The fourth-order valence-electron chi connectivity index (χ4n) is 2.74. The van der Waals surface area contributed by atoms with Crippen molar-refractivity contribution in [3.63, 3.8) is 0 Å². The zero-order valence-electron chi connectivity index (χ0n) is 12.3. The molecule has 1 aliphatic heterocycles. The molecule has 0 radical (unpaired) electrons. The topological polar surface area (TPSA) is 94.5 Å². The van der Waals surface area contributed by atoms with E-state index in [-0.39, 0.29) is 12.5 Å². The van der Waals surface area contributed by atoms with Crippen molar-refractivity contribution in [1.82, 2.24) is 24.1 Å². The molecule has 1 saturated heterocycles. The molecule has 1 atom stereocenters. The predicted molar refractivity (Wildman–Crippen MR) is 80.0 cm³/mol. The largest absolute Gasteiger partial charge is 0.480 e. The second-order valence-corrected chi connectivity index (χ2v) is 5.50. The third-order valence-corrected chi connectivity index (χ3v) is 3.86. The number of aliphatic carboxylic acids is 1. The molecule has 1 fully saturated rings. The number of nitrogens with zero attached hydrogens (tertiary/aromatic N) is 5. The molecule has 3 aromatic rings. The van der Waals surface area contributed by atoms with E-state index < -0.39 is 5.97 Å². The van der Waals surface area contributed by atoms with E-state index in [1.165, 1.54) is 4.68 Å². The highest BCUT2D eigenvalue weighted by molar-refractivity contribution is 5.67. The molecule has 1 aliphatic rings. The third-order valence-electron chi connectivity index (χ3n) is 3.86. The van der Waals surface area contributed by atoms with Crippen molar-refractivity contribution in [3.8, 4) is 11.5 Å². The fraction of sp³-hybridized carbons (Fsp3) is 0.333. The molecule has 8 nitrogen and oxygen atoms in total. The summed E-state index contributed by atoms with van der Waals surface area (Å²) in [5, 5.41) is 13.5. The number of carboxylic acids is 1. The number of imidazole rings is 1. The Morgan fingerprint density at radius 3 is 3.04 bits per heavy atom. The number of hydrogen-bond acceptors (Lipinski definition) is 5. The van der Waals surface area contributed by atoms with Crippen molar-refractivity contribution in [2.75, 3.05) is 13.2 Å². The monoisotopic (exact) mass is 313 g/mol. The van der Waals surface area contributed by atoms with Crippen molar-refractivity contribution in [2.24, 2.45) is 0 Å². The van der Waals surface area contributed by atoms with Gasteiger partial charge >= 0.3 is 5.97 Å². The van der Waals surface area contributed by atoms with Crippen molar-refractivity contribution in [1.29, 1.82) is 0 Å². The van der Waals surface area contributed by atoms with Crippen LogP contribution in [-0.2, 0) is 16.1 Å². The first-order valence-corrected chi connectivity index (χ1v) is 7.39. The maximum absolute atomic E-state index is 11.1. The van der Waals surface area contributed by atoms with Crippen molar-refractivity contribution >= 4 is 11.6 Å². The lowest BCUT2D eigenvalue weighted by molar-refractivity contribution is -0.137. The molecule has 0 aliphatic carbocycles. The van der Waals surface area contributed by atoms with E-state index in [4.69, 9.17) is 9.84 Å². The van der Waals surface area contributed by atoms with Gasteiger partial charge in [0.2, 0.25) is 0 Å². The van der Waals surface area contributed by atoms with Crippen molar-refractivity contribution in [2.45, 2.75) is 18.9 Å². The lowest BCUT2D eigenvalue weighted by Gasteiger charge is -2.00. The molecule has 0 spiro atoms. The zero-order chi connectivity index (χ0) is 15.8. The standard InChI is InChI=1S/C15H15N5O3/c21-13(22)8-20-15(17-14(18-20)10-4-6-23-9-10)11-7-19-5-2-1-3-12(19)16-11/h1-3,5,7,10H,4,6,8-9H2,(H,21,22). The van der Waals surface area contributed by atoms with Crippen LogP contribution in [0.15, 0.2) is 30.6 Å². The van der Waals surface area contributed by atoms with Crippen LogP contribution in [0.25, 0.3) is 17.2 Å². The van der Waals surface area contributed by atoms with Gasteiger partial charge in [-0.15, -0.1) is 0 Å². The van der Waals surface area contributed by atoms with Crippen LogP contribution in [0.2, 0.25) is 0 Å². The van der Waals surface area contributed by atoms with Gasteiger partial charge < -0.3 is 14.2 Å². The summed E-state index contributed by atoms with van der Waals surface area (Å²) in [6.45, 7) is 1.01. The molecule has 4 heterocycles. The second-order valence-electron chi connectivity index (χ2n) is 5.50. The number of carboxylic acid groups (broad SMARTS) is 1. The lowest BCUT2D eigenvalue weighted by Crippen LogP contribution is -2.12. The highest BCUT2D eigenvalue weighted by Gasteiger charge is 2.25. The van der Waals surface area contributed by atoms with Gasteiger partial charge in [-0.05, 0) is 18.6 Å². The average molecular weight is 313 g/mol. The van der Waals surface area contributed by atoms with Crippen LogP contribution in [0, 0.1) is 0 Å². The number of carbonyl (C=O) groups is 1. The minimum Gasteiger partial charge on any atom is -0.480 e. The van der Waals surface area contributed by atoms with Crippen LogP contribution in [0.5, 0.6) is 0 Å². The van der Waals surface area contributed by atoms with Gasteiger partial charge in [0.15, 0.2) is 11.6 Å². The Hall–Kier alpha value is -2.74. The molecular weight excluding hydrogens is 298 g/mol. The molecule has 0 bridgehead atoms. The van der Waals surface area contributed by atoms with Gasteiger partial charge in [0.25, 0.3) is 0 Å². The van der Waals surface area contributed by atoms with Crippen LogP contribution in [0.3, 0.4) is 0 Å². The third kappa shape index (κ3) is 2.57. The smallest absolute Gasteiger partial charge is 0.325 e. The van der Waals surface area contributed by atoms with E-state index >= 15 is 0 Å². The number of rotatable bonds is 4. The first-order valence-electron chi connectivity index (χ1n) is 7.39. The summed E-state index contributed by atoms with van der Waals surface area (Å²) in [5.41, 5.74) is 1.38. The lowest BCUT2D eigenvalue weighted by atomic mass is 10.1. The van der Waals surface area contributed by atoms with E-state index in [2.05, 4.69) is 15.1 Å². The van der Waals surface area contributed by atoms with Gasteiger partial charge in [0.05, 0.1) is 6.61 Å². The van der Waals surface area contributed by atoms with Gasteiger partial charge in [-0.2, -0.15) is 5.10 Å². The zero-order valence-corrected chi connectivity index (χ0v) is 12.3. The maximum Gasteiger partial charge on any atom is 0.325 e. The molecule has 118 valence electrons. The number of fused-ring (bicyclic) bond motifs is 1. The Labute approximate surface area is 131 Å². The second kappa shape index (κ2) is 5.47. The molecule has 0 amide bonds. The molecule has 23 heavy (non-hydrogen) atoms. The predicted octanol–water partition coefficient (Wildman–Crippen LogP) is 1.18. The average Bonchev–Trinajstić information content (AvgIpc) is 3.25. The van der Waals surface area contributed by atoms with E-state index in [1.54, 1.807) is 0 Å². The maximum atomic E-state index is 11.1. The van der Waals surface area contributed by atoms with Crippen LogP contribution in [-0.4, -0.2) is 48.4 Å². The highest BCUT2D eigenvalue weighted by atomic mass is 16.5. The van der Waals surface area contributed by atoms with Crippen LogP contribution in [0.4, 0.5) is 0 Å². The summed E-state index contributed by atoms with van der Waals surface area (Å²) >= 11 is 0. The van der Waals surface area contributed by atoms with Gasteiger partial charge in [-0.1, -0.05) is 6.07 Å². The summed E-state index contributed by atoms with van der Waals surface area (Å²) in [5.74, 6) is 0.240. The molecule has 0 saturated carbocycles. The van der Waals surface area contributed by atoms with Crippen LogP contribution in [0.1, 0.15) is 18.2 Å². The molecule has 8 heteroatoms. The normalized spacial score (nSPS) is 17.8. The molecular formula is C15H15N5O3. The van der Waals surface area contributed by atoms with Gasteiger partial charge in [-0.25, -0.2) is 14.6 Å². The van der Waals surface area contributed by atoms with E-state index in [0.29, 0.717) is 30.6 Å². The van der Waals surface area contributed by atoms with Crippen molar-refractivity contribution < 1.29 is 14.6 Å². The molecule has 1 unspecified atom stereocenters. The Bertz CT molecular complexity index is 830. The highest BCUT2D eigenvalue weighted by Crippen LogP contribution is 2.25. The summed E-state index contributed by atoms with van der Waals surface area (Å²) in [7, 11) is 0. The van der Waals surface area contributed by atoms with Gasteiger partial charge in [-0.3, -0.25) is 4.79 Å². The summed E-state index contributed by atoms with van der Waals surface area (Å²) < 4.78 is 8.64. The molecule has 0 aromatic carbocycles. The first kappa shape index (κ1) is 13.9. The minimum absolute atomic E-state index is 0.112. The molecule has 3 aromatic heterocycles. The van der Waals surface area contributed by atoms with Crippen LogP contribution >= 0.6 is 0 Å². The Balaban J connectivity index is 1.79. The summed E-state index contributed by atoms with van der Waals surface area (Å²) in [4.78, 5) is 20.2. The quantitative estimate of drug-likeness (QED) is 0.777. The Kier molecular flexibility index (Phi) is 3.30. The van der Waals surface area contributed by atoms with Crippen molar-refractivity contribution in [3.05, 3.63) is 36.4 Å². The van der Waals surface area contributed by atoms with E-state index in [1.807, 2.05) is 35.0 Å². The molecule has 1 N–H and O–H groups in total. The molecule has 4 rings (SSSR count). The minimum atomic E-state index is -0.964. The van der Waals surface area contributed by atoms with Crippen LogP contribution < -0.4 is 0 Å².